The number of benzene rings is 2. The summed E-state index contributed by atoms with van der Waals surface area (Å²) in [5.41, 5.74) is 0.356. The Morgan fingerprint density at radius 3 is 2.47 bits per heavy atom. The number of hydrogen-bond acceptors (Lipinski definition) is 6. The summed E-state index contributed by atoms with van der Waals surface area (Å²) in [5.74, 6) is -0.670. The van der Waals surface area contributed by atoms with E-state index >= 15 is 0 Å². The van der Waals surface area contributed by atoms with Crippen molar-refractivity contribution in [2.45, 2.75) is 22.9 Å². The molecule has 0 saturated carbocycles. The van der Waals surface area contributed by atoms with Crippen LogP contribution in [0.2, 0.25) is 0 Å². The fourth-order valence-corrected chi connectivity index (χ4v) is 6.13. The molecule has 158 valence electrons. The normalized spacial score (nSPS) is 24.3. The number of piperazine rings is 1. The van der Waals surface area contributed by atoms with E-state index in [0.29, 0.717) is 0 Å². The summed E-state index contributed by atoms with van der Waals surface area (Å²) in [7, 11) is -4.26. The van der Waals surface area contributed by atoms with Crippen molar-refractivity contribution < 1.29 is 23.2 Å². The smallest absolute Gasteiger partial charge is 0.289 e. The van der Waals surface area contributed by atoms with Gasteiger partial charge in [0.1, 0.15) is 0 Å². The Labute approximate surface area is 181 Å². The fourth-order valence-electron chi connectivity index (χ4n) is 4.30. The second kappa shape index (κ2) is 7.73. The molecule has 2 saturated heterocycles. The van der Waals surface area contributed by atoms with Gasteiger partial charge in [-0.15, -0.1) is 0 Å². The molecule has 2 aliphatic rings. The van der Waals surface area contributed by atoms with Crippen molar-refractivity contribution >= 4 is 37.5 Å². The van der Waals surface area contributed by atoms with Crippen LogP contribution in [-0.4, -0.2) is 65.3 Å². The Morgan fingerprint density at radius 1 is 1.17 bits per heavy atom. The molecule has 2 aliphatic heterocycles. The monoisotopic (exact) mass is 495 g/mol. The van der Waals surface area contributed by atoms with E-state index in [1.807, 2.05) is 24.3 Å². The summed E-state index contributed by atoms with van der Waals surface area (Å²) < 4.78 is 28.2. The highest BCUT2D eigenvalue weighted by Gasteiger charge is 2.55. The predicted molar refractivity (Wildman–Crippen MR) is 110 cm³/mol. The molecule has 0 bridgehead atoms. The molecule has 2 heterocycles. The lowest BCUT2D eigenvalue weighted by molar-refractivity contribution is -0.387. The van der Waals surface area contributed by atoms with Crippen molar-refractivity contribution in [1.29, 1.82) is 0 Å². The second-order valence-corrected chi connectivity index (χ2v) is 10.0. The maximum absolute atomic E-state index is 13.2. The van der Waals surface area contributed by atoms with Crippen LogP contribution in [0, 0.1) is 10.1 Å². The van der Waals surface area contributed by atoms with E-state index in [-0.39, 0.29) is 19.1 Å². The molecule has 3 atom stereocenters. The number of amides is 1. The number of sulfonamides is 1. The molecule has 0 aliphatic carbocycles. The minimum atomic E-state index is -4.26. The number of rotatable bonds is 5. The summed E-state index contributed by atoms with van der Waals surface area (Å²) in [6, 6.07) is 11.6. The van der Waals surface area contributed by atoms with Crippen molar-refractivity contribution in [3.8, 4) is 0 Å². The number of halogens is 1. The molecule has 0 aromatic heterocycles. The van der Waals surface area contributed by atoms with Gasteiger partial charge in [-0.05, 0) is 23.8 Å². The van der Waals surface area contributed by atoms with E-state index in [4.69, 9.17) is 0 Å². The molecule has 2 aromatic carbocycles. The van der Waals surface area contributed by atoms with Gasteiger partial charge in [0.25, 0.3) is 5.69 Å². The first-order valence-electron chi connectivity index (χ1n) is 9.16. The van der Waals surface area contributed by atoms with Gasteiger partial charge in [-0.3, -0.25) is 14.9 Å². The van der Waals surface area contributed by atoms with Crippen molar-refractivity contribution in [1.82, 2.24) is 9.21 Å². The second-order valence-electron chi connectivity index (χ2n) is 7.22. The minimum Gasteiger partial charge on any atom is -0.394 e. The Kier molecular flexibility index (Phi) is 5.39. The van der Waals surface area contributed by atoms with Crippen LogP contribution in [0.4, 0.5) is 5.69 Å². The van der Waals surface area contributed by atoms with Crippen LogP contribution < -0.4 is 0 Å². The molecule has 4 rings (SSSR count). The van der Waals surface area contributed by atoms with Gasteiger partial charge in [0.2, 0.25) is 15.9 Å². The van der Waals surface area contributed by atoms with Crippen LogP contribution >= 0.6 is 15.9 Å². The van der Waals surface area contributed by atoms with Crippen molar-refractivity contribution in [3.63, 3.8) is 0 Å². The first-order valence-corrected chi connectivity index (χ1v) is 11.4. The zero-order chi connectivity index (χ0) is 21.6. The number of aliphatic hydroxyl groups excluding tert-OH is 1. The van der Waals surface area contributed by atoms with Crippen LogP contribution in [0.25, 0.3) is 0 Å². The lowest BCUT2D eigenvalue weighted by atomic mass is 9.74. The topological polar surface area (TPSA) is 121 Å². The van der Waals surface area contributed by atoms with Gasteiger partial charge in [-0.1, -0.05) is 40.2 Å². The zero-order valence-electron chi connectivity index (χ0n) is 15.6. The molecule has 1 amide bonds. The van der Waals surface area contributed by atoms with E-state index in [0.717, 1.165) is 20.4 Å². The van der Waals surface area contributed by atoms with Crippen LogP contribution in [0.1, 0.15) is 11.5 Å². The lowest BCUT2D eigenvalue weighted by Gasteiger charge is -2.58. The first kappa shape index (κ1) is 20.9. The van der Waals surface area contributed by atoms with Crippen molar-refractivity contribution in [3.05, 3.63) is 68.7 Å². The van der Waals surface area contributed by atoms with Gasteiger partial charge in [0, 0.05) is 23.0 Å². The Morgan fingerprint density at radius 2 is 1.83 bits per heavy atom. The number of carbonyl (C=O) groups is 1. The third-order valence-electron chi connectivity index (χ3n) is 5.66. The van der Waals surface area contributed by atoms with E-state index in [1.54, 1.807) is 0 Å². The minimum absolute atomic E-state index is 0.00263. The number of hydrogen-bond donors (Lipinski definition) is 1. The highest BCUT2D eigenvalue weighted by atomic mass is 79.9. The SMILES string of the molecule is O=C1CN(S(=O)(=O)c2ccccc2[N+](=O)[O-])C[C@@H]2[C@H](c3ccc(Br)cc3)[C@@H](CO)N12. The number of carbonyl (C=O) groups excluding carboxylic acids is 1. The number of fused-ring (bicyclic) bond motifs is 1. The Balaban J connectivity index is 1.68. The molecule has 9 nitrogen and oxygen atoms in total. The molecule has 11 heteroatoms. The highest BCUT2D eigenvalue weighted by Crippen LogP contribution is 2.44. The third-order valence-corrected chi connectivity index (χ3v) is 8.04. The third kappa shape index (κ3) is 3.31. The van der Waals surface area contributed by atoms with E-state index < -0.39 is 50.1 Å². The largest absolute Gasteiger partial charge is 0.394 e. The van der Waals surface area contributed by atoms with E-state index in [9.17, 15) is 28.4 Å². The molecular weight excluding hydrogens is 478 g/mol. The maximum Gasteiger partial charge on any atom is 0.289 e. The molecule has 1 N–H and O–H groups in total. The molecule has 0 unspecified atom stereocenters. The van der Waals surface area contributed by atoms with Crippen LogP contribution in [0.3, 0.4) is 0 Å². The number of nitro benzene ring substituents is 1. The van der Waals surface area contributed by atoms with E-state index in [2.05, 4.69) is 15.9 Å². The standard InChI is InChI=1S/C19H18BrN3O6S/c20-13-7-5-12(6-8-13)19-15-9-21(10-18(25)22(15)16(19)11-24)30(28,29)17-4-2-1-3-14(17)23(26)27/h1-8,15-16,19,24H,9-11H2/t15-,16-,19+/m1/s1. The molecule has 0 radical (unpaired) electrons. The molecule has 2 aromatic rings. The van der Waals surface area contributed by atoms with E-state index in [1.165, 1.54) is 23.1 Å². The van der Waals surface area contributed by atoms with Gasteiger partial charge >= 0.3 is 0 Å². The van der Waals surface area contributed by atoms with Crippen LogP contribution in [0.15, 0.2) is 57.9 Å². The Bertz CT molecular complexity index is 1110. The predicted octanol–water partition coefficient (Wildman–Crippen LogP) is 1.72. The van der Waals surface area contributed by atoms with Gasteiger partial charge in [-0.2, -0.15) is 4.31 Å². The molecule has 0 spiro atoms. The summed E-state index contributed by atoms with van der Waals surface area (Å²) in [6.45, 7) is -0.661. The van der Waals surface area contributed by atoms with Crippen molar-refractivity contribution in [2.75, 3.05) is 19.7 Å². The van der Waals surface area contributed by atoms with Gasteiger partial charge in [-0.25, -0.2) is 8.42 Å². The summed E-state index contributed by atoms with van der Waals surface area (Å²) >= 11 is 3.37. The van der Waals surface area contributed by atoms with Crippen molar-refractivity contribution in [2.24, 2.45) is 0 Å². The first-order chi connectivity index (χ1) is 14.3. The Hall–Kier alpha value is -2.34. The van der Waals surface area contributed by atoms with Gasteiger partial charge in [0.05, 0.1) is 30.2 Å². The average Bonchev–Trinajstić information content (AvgIpc) is 2.70. The average molecular weight is 496 g/mol. The van der Waals surface area contributed by atoms with Gasteiger partial charge in [0.15, 0.2) is 4.90 Å². The quantitative estimate of drug-likeness (QED) is 0.497. The molecule has 2 fully saturated rings. The molecular formula is C19H18BrN3O6S. The number of nitrogens with zero attached hydrogens (tertiary/aromatic N) is 3. The van der Waals surface area contributed by atoms with Crippen LogP contribution in [-0.2, 0) is 14.8 Å². The lowest BCUT2D eigenvalue weighted by Crippen LogP contribution is -2.73. The summed E-state index contributed by atoms with van der Waals surface area (Å²) in [6.07, 6.45) is 0. The summed E-state index contributed by atoms with van der Waals surface area (Å²) in [4.78, 5) is 24.4. The maximum atomic E-state index is 13.2. The fraction of sp³-hybridized carbons (Fsp3) is 0.316. The summed E-state index contributed by atoms with van der Waals surface area (Å²) in [5, 5.41) is 21.1. The highest BCUT2D eigenvalue weighted by molar-refractivity contribution is 9.10. The number of para-hydroxylation sites is 1. The molecule has 30 heavy (non-hydrogen) atoms. The van der Waals surface area contributed by atoms with Gasteiger partial charge < -0.3 is 10.0 Å². The number of aliphatic hydroxyl groups is 1. The number of nitro groups is 1. The van der Waals surface area contributed by atoms with Crippen LogP contribution in [0.5, 0.6) is 0 Å². The zero-order valence-corrected chi connectivity index (χ0v) is 18.0.